The average Bonchev–Trinajstić information content (AvgIpc) is 2.91. The highest BCUT2D eigenvalue weighted by molar-refractivity contribution is 6.30. The lowest BCUT2D eigenvalue weighted by molar-refractivity contribution is -0.134. The van der Waals surface area contributed by atoms with Crippen molar-refractivity contribution in [1.29, 1.82) is 0 Å². The van der Waals surface area contributed by atoms with Crippen molar-refractivity contribution in [2.24, 2.45) is 5.92 Å². The van der Waals surface area contributed by atoms with Gasteiger partial charge in [0.15, 0.2) is 0 Å². The van der Waals surface area contributed by atoms with Gasteiger partial charge < -0.3 is 4.90 Å². The summed E-state index contributed by atoms with van der Waals surface area (Å²) in [4.78, 5) is 34.6. The van der Waals surface area contributed by atoms with Crippen LogP contribution in [0.4, 0.5) is 0 Å². The Balaban J connectivity index is 1.90. The number of aromatic nitrogens is 2. The highest BCUT2D eigenvalue weighted by atomic mass is 35.5. The molecule has 1 amide bonds. The molecule has 37 heavy (non-hydrogen) atoms. The lowest BCUT2D eigenvalue weighted by Crippen LogP contribution is -2.41. The molecule has 5 nitrogen and oxygen atoms in total. The number of carbonyl (C=O) groups excluding carboxylic acids is 1. The van der Waals surface area contributed by atoms with Gasteiger partial charge in [0.05, 0.1) is 22.6 Å². The molecule has 1 aromatic heterocycles. The second-order valence-electron chi connectivity index (χ2n) is 9.87. The number of fused-ring (bicyclic) bond motifs is 1. The van der Waals surface area contributed by atoms with Gasteiger partial charge in [0, 0.05) is 6.54 Å². The summed E-state index contributed by atoms with van der Waals surface area (Å²) in [6.07, 6.45) is 1.39. The summed E-state index contributed by atoms with van der Waals surface area (Å²) in [6.45, 7) is 8.82. The molecule has 0 spiro atoms. The van der Waals surface area contributed by atoms with Crippen LogP contribution < -0.4 is 5.56 Å². The molecule has 3 aromatic carbocycles. The Bertz CT molecular complexity index is 1410. The number of benzene rings is 3. The summed E-state index contributed by atoms with van der Waals surface area (Å²) < 4.78 is 1.66. The molecule has 0 fully saturated rings. The van der Waals surface area contributed by atoms with Crippen molar-refractivity contribution < 1.29 is 4.79 Å². The van der Waals surface area contributed by atoms with Gasteiger partial charge in [-0.15, -0.1) is 11.6 Å². The Morgan fingerprint density at radius 1 is 0.973 bits per heavy atom. The highest BCUT2D eigenvalue weighted by Crippen LogP contribution is 2.32. The van der Waals surface area contributed by atoms with Gasteiger partial charge in [-0.3, -0.25) is 14.2 Å². The topological polar surface area (TPSA) is 55.2 Å². The summed E-state index contributed by atoms with van der Waals surface area (Å²) in [6, 6.07) is 24.2. The summed E-state index contributed by atoms with van der Waals surface area (Å²) in [5, 5.41) is -0.288. The molecule has 0 radical (unpaired) electrons. The molecule has 2 atom stereocenters. The Labute approximate surface area is 223 Å². The fourth-order valence-corrected chi connectivity index (χ4v) is 4.86. The number of alkyl halides is 1. The van der Waals surface area contributed by atoms with Gasteiger partial charge in [0.2, 0.25) is 5.91 Å². The quantitative estimate of drug-likeness (QED) is 0.225. The molecule has 4 rings (SSSR count). The predicted octanol–water partition coefficient (Wildman–Crippen LogP) is 7.00. The number of hydrogen-bond acceptors (Lipinski definition) is 3. The molecule has 0 aliphatic rings. The van der Waals surface area contributed by atoms with Crippen molar-refractivity contribution in [3.63, 3.8) is 0 Å². The number of halogens is 1. The molecular weight excluding hydrogens is 482 g/mol. The van der Waals surface area contributed by atoms with Gasteiger partial charge in [-0.05, 0) is 55.5 Å². The third kappa shape index (κ3) is 5.78. The molecule has 6 heteroatoms. The lowest BCUT2D eigenvalue weighted by Gasteiger charge is -2.34. The minimum Gasteiger partial charge on any atom is -0.331 e. The summed E-state index contributed by atoms with van der Waals surface area (Å²) in [5.74, 6) is 0.754. The molecule has 0 N–H and O–H groups in total. The molecule has 4 aromatic rings. The molecule has 2 unspecified atom stereocenters. The largest absolute Gasteiger partial charge is 0.331 e. The van der Waals surface area contributed by atoms with Crippen LogP contribution in [-0.2, 0) is 4.79 Å². The van der Waals surface area contributed by atoms with E-state index in [1.54, 1.807) is 10.6 Å². The van der Waals surface area contributed by atoms with E-state index in [0.29, 0.717) is 35.6 Å². The first-order chi connectivity index (χ1) is 17.8. The zero-order chi connectivity index (χ0) is 26.5. The third-order valence-electron chi connectivity index (χ3n) is 6.69. The van der Waals surface area contributed by atoms with Crippen LogP contribution in [0, 0.1) is 12.8 Å². The lowest BCUT2D eigenvalue weighted by atomic mass is 10.0. The predicted molar refractivity (Wildman–Crippen MR) is 151 cm³/mol. The van der Waals surface area contributed by atoms with Crippen LogP contribution in [0.2, 0.25) is 0 Å². The molecular formula is C31H34ClN3O2. The minimum absolute atomic E-state index is 0.148. The van der Waals surface area contributed by atoms with E-state index in [9.17, 15) is 9.59 Å². The van der Waals surface area contributed by atoms with E-state index in [0.717, 1.165) is 23.2 Å². The molecule has 0 saturated heterocycles. The number of amides is 1. The molecule has 0 saturated carbocycles. The van der Waals surface area contributed by atoms with Crippen LogP contribution in [0.1, 0.15) is 62.0 Å². The Morgan fingerprint density at radius 3 is 2.27 bits per heavy atom. The third-order valence-corrected chi connectivity index (χ3v) is 7.13. The first-order valence-corrected chi connectivity index (χ1v) is 13.3. The molecule has 0 aliphatic heterocycles. The van der Waals surface area contributed by atoms with Crippen molar-refractivity contribution in [2.75, 3.05) is 6.54 Å². The smallest absolute Gasteiger partial charge is 0.266 e. The normalized spacial score (nSPS) is 13.0. The summed E-state index contributed by atoms with van der Waals surface area (Å²) in [7, 11) is 0. The van der Waals surface area contributed by atoms with Gasteiger partial charge in [-0.25, -0.2) is 4.98 Å². The van der Waals surface area contributed by atoms with Gasteiger partial charge in [-0.1, -0.05) is 80.9 Å². The average molecular weight is 516 g/mol. The number of nitrogens with zero attached hydrogens (tertiary/aromatic N) is 3. The van der Waals surface area contributed by atoms with E-state index in [1.807, 2.05) is 91.5 Å². The van der Waals surface area contributed by atoms with E-state index in [1.165, 1.54) is 0 Å². The summed E-state index contributed by atoms with van der Waals surface area (Å²) in [5.41, 5.74) is 3.04. The summed E-state index contributed by atoms with van der Waals surface area (Å²) >= 11 is 6.78. The fourth-order valence-electron chi connectivity index (χ4n) is 4.59. The van der Waals surface area contributed by atoms with Crippen LogP contribution in [0.25, 0.3) is 16.6 Å². The molecule has 0 bridgehead atoms. The first kappa shape index (κ1) is 26.6. The second-order valence-corrected chi connectivity index (χ2v) is 10.3. The Kier molecular flexibility index (Phi) is 8.45. The number of para-hydroxylation sites is 1. The Morgan fingerprint density at radius 2 is 1.62 bits per heavy atom. The SMILES string of the molecule is CCC(c1nc2ccccc2c(=O)n1-c1ccc(C)cc1)N(CCC(C)C)C(=O)C(Cl)c1ccccc1. The van der Waals surface area contributed by atoms with Gasteiger partial charge in [0.25, 0.3) is 5.56 Å². The van der Waals surface area contributed by atoms with Crippen LogP contribution in [0.5, 0.6) is 0 Å². The Hall–Kier alpha value is -3.44. The number of carbonyl (C=O) groups is 1. The van der Waals surface area contributed by atoms with Crippen LogP contribution in [0.3, 0.4) is 0 Å². The highest BCUT2D eigenvalue weighted by Gasteiger charge is 2.33. The minimum atomic E-state index is -0.831. The van der Waals surface area contributed by atoms with E-state index in [2.05, 4.69) is 13.8 Å². The number of hydrogen-bond donors (Lipinski definition) is 0. The van der Waals surface area contributed by atoms with E-state index in [4.69, 9.17) is 16.6 Å². The van der Waals surface area contributed by atoms with Crippen molar-refractivity contribution in [3.8, 4) is 5.69 Å². The van der Waals surface area contributed by atoms with Crippen LogP contribution in [0.15, 0.2) is 83.7 Å². The fraction of sp³-hybridized carbons (Fsp3) is 0.323. The number of aryl methyl sites for hydroxylation is 1. The standard InChI is InChI=1S/C31H34ClN3O2/c1-5-27(34(20-19-21(2)3)31(37)28(32)23-11-7-6-8-12-23)29-33-26-14-10-9-13-25(26)30(36)35(29)24-17-15-22(4)16-18-24/h6-18,21,27-28H,5,19-20H2,1-4H3. The molecule has 1 heterocycles. The maximum atomic E-state index is 13.9. The van der Waals surface area contributed by atoms with Crippen LogP contribution in [-0.4, -0.2) is 26.9 Å². The maximum absolute atomic E-state index is 13.9. The zero-order valence-electron chi connectivity index (χ0n) is 21.9. The zero-order valence-corrected chi connectivity index (χ0v) is 22.7. The second kappa shape index (κ2) is 11.7. The van der Waals surface area contributed by atoms with Crippen molar-refractivity contribution in [2.45, 2.75) is 52.0 Å². The molecule has 0 aliphatic carbocycles. The van der Waals surface area contributed by atoms with Crippen molar-refractivity contribution >= 4 is 28.4 Å². The number of rotatable bonds is 9. The maximum Gasteiger partial charge on any atom is 0.266 e. The van der Waals surface area contributed by atoms with Gasteiger partial charge >= 0.3 is 0 Å². The van der Waals surface area contributed by atoms with Crippen LogP contribution >= 0.6 is 11.6 Å². The van der Waals surface area contributed by atoms with E-state index in [-0.39, 0.29) is 11.5 Å². The van der Waals surface area contributed by atoms with E-state index >= 15 is 0 Å². The van der Waals surface area contributed by atoms with Gasteiger partial charge in [0.1, 0.15) is 11.2 Å². The monoisotopic (exact) mass is 515 g/mol. The molecule has 192 valence electrons. The van der Waals surface area contributed by atoms with Crippen molar-refractivity contribution in [3.05, 3.63) is 106 Å². The van der Waals surface area contributed by atoms with E-state index < -0.39 is 11.4 Å². The van der Waals surface area contributed by atoms with Crippen molar-refractivity contribution in [1.82, 2.24) is 14.5 Å². The van der Waals surface area contributed by atoms with Gasteiger partial charge in [-0.2, -0.15) is 0 Å². The first-order valence-electron chi connectivity index (χ1n) is 12.9.